The molecule has 5 rings (SSSR count). The van der Waals surface area contributed by atoms with Crippen LogP contribution >= 0.6 is 11.8 Å². The molecule has 1 aliphatic rings. The van der Waals surface area contributed by atoms with Gasteiger partial charge in [0.15, 0.2) is 11.0 Å². The smallest absolute Gasteiger partial charge is 0.497 e. The summed E-state index contributed by atoms with van der Waals surface area (Å²) in [6.07, 6.45) is 0.00381. The number of anilines is 1. The number of amides is 2. The van der Waals surface area contributed by atoms with Gasteiger partial charge in [0.25, 0.3) is 0 Å². The Morgan fingerprint density at radius 2 is 1.80 bits per heavy atom. The lowest BCUT2D eigenvalue weighted by Gasteiger charge is -2.23. The van der Waals surface area contributed by atoms with Crippen molar-refractivity contribution < 1.29 is 27.4 Å². The molecule has 0 bridgehead atoms. The number of ether oxygens (including phenoxy) is 2. The van der Waals surface area contributed by atoms with Crippen molar-refractivity contribution in [3.63, 3.8) is 0 Å². The molecule has 1 N–H and O–H groups in total. The Kier molecular flexibility index (Phi) is 9.23. The molecule has 1 fully saturated rings. The highest BCUT2D eigenvalue weighted by atomic mass is 32.2. The van der Waals surface area contributed by atoms with Gasteiger partial charge in [0.1, 0.15) is 17.8 Å². The van der Waals surface area contributed by atoms with Gasteiger partial charge in [-0.3, -0.25) is 0 Å². The van der Waals surface area contributed by atoms with E-state index in [2.05, 4.69) is 43.9 Å². The van der Waals surface area contributed by atoms with Crippen LogP contribution < -0.4 is 19.7 Å². The number of carbonyl (C=O) groups is 1. The largest absolute Gasteiger partial charge is 0.573 e. The number of hydrogen-bond donors (Lipinski definition) is 1. The fourth-order valence-corrected chi connectivity index (χ4v) is 5.43. The molecule has 0 radical (unpaired) electrons. The molecular formula is C31H29F3N6O3S. The number of nitrogens with one attached hydrogen (secondary N) is 1. The number of aromatic nitrogens is 3. The van der Waals surface area contributed by atoms with Crippen LogP contribution in [0.3, 0.4) is 0 Å². The van der Waals surface area contributed by atoms with Crippen molar-refractivity contribution in [2.24, 2.45) is 4.99 Å². The van der Waals surface area contributed by atoms with E-state index in [0.29, 0.717) is 22.6 Å². The van der Waals surface area contributed by atoms with E-state index in [9.17, 15) is 18.0 Å². The maximum absolute atomic E-state index is 12.7. The minimum Gasteiger partial charge on any atom is -0.497 e. The molecule has 2 amide bonds. The molecule has 1 saturated heterocycles. The van der Waals surface area contributed by atoms with Crippen LogP contribution in [0.2, 0.25) is 0 Å². The Hall–Kier alpha value is -4.78. The van der Waals surface area contributed by atoms with Gasteiger partial charge in [-0.25, -0.2) is 14.5 Å². The Labute approximate surface area is 256 Å². The highest BCUT2D eigenvalue weighted by Gasteiger charge is 2.31. The van der Waals surface area contributed by atoms with E-state index in [1.165, 1.54) is 53.2 Å². The first-order valence-electron chi connectivity index (χ1n) is 13.6. The van der Waals surface area contributed by atoms with Crippen LogP contribution in [0.4, 0.5) is 23.7 Å². The van der Waals surface area contributed by atoms with Crippen LogP contribution in [0.5, 0.6) is 11.5 Å². The van der Waals surface area contributed by atoms with Gasteiger partial charge in [-0.2, -0.15) is 4.99 Å². The molecule has 0 aliphatic carbocycles. The molecule has 0 atom stereocenters. The van der Waals surface area contributed by atoms with Crippen molar-refractivity contribution in [2.45, 2.75) is 26.1 Å². The predicted molar refractivity (Wildman–Crippen MR) is 165 cm³/mol. The summed E-state index contributed by atoms with van der Waals surface area (Å²) in [6.45, 7) is 4.99. The van der Waals surface area contributed by atoms with Gasteiger partial charge >= 0.3 is 12.4 Å². The Morgan fingerprint density at radius 1 is 1.07 bits per heavy atom. The van der Waals surface area contributed by atoms with Gasteiger partial charge in [-0.15, -0.1) is 18.3 Å². The van der Waals surface area contributed by atoms with E-state index in [1.807, 2.05) is 42.5 Å². The molecule has 9 nitrogen and oxygen atoms in total. The number of rotatable bonds is 8. The number of halogens is 3. The minimum absolute atomic E-state index is 0.292. The SMILES string of the molecule is COc1ccc(C(C)C)c(N2CCS/C2=N\C(=O)N/C=C/c2ccc(-c3ncn(-c4ccc(OC(F)(F)F)cc4)n3)cc2)c1. The summed E-state index contributed by atoms with van der Waals surface area (Å²) in [7, 11) is 1.63. The molecule has 1 aliphatic heterocycles. The van der Waals surface area contributed by atoms with Crippen molar-refractivity contribution >= 4 is 34.7 Å². The number of hydrogen-bond acceptors (Lipinski definition) is 6. The number of urea groups is 1. The lowest BCUT2D eigenvalue weighted by atomic mass is 10.00. The fraction of sp³-hybridized carbons (Fsp3) is 0.226. The van der Waals surface area contributed by atoms with Gasteiger partial charge in [0, 0.05) is 35.8 Å². The van der Waals surface area contributed by atoms with Crippen LogP contribution in [-0.2, 0) is 0 Å². The van der Waals surface area contributed by atoms with Gasteiger partial charge in [-0.05, 0) is 53.5 Å². The predicted octanol–water partition coefficient (Wildman–Crippen LogP) is 7.25. The number of methoxy groups -OCH3 is 1. The fourth-order valence-electron chi connectivity index (χ4n) is 4.48. The van der Waals surface area contributed by atoms with E-state index in [1.54, 1.807) is 13.2 Å². The number of nitrogens with zero attached hydrogens (tertiary/aromatic N) is 5. The molecule has 4 aromatic rings. The third-order valence-electron chi connectivity index (χ3n) is 6.60. The monoisotopic (exact) mass is 622 g/mol. The van der Waals surface area contributed by atoms with Crippen LogP contribution in [0.1, 0.15) is 30.9 Å². The maximum atomic E-state index is 12.7. The minimum atomic E-state index is -4.75. The Balaban J connectivity index is 1.20. The average Bonchev–Trinajstić information content (AvgIpc) is 3.67. The van der Waals surface area contributed by atoms with E-state index in [4.69, 9.17) is 4.74 Å². The maximum Gasteiger partial charge on any atom is 0.573 e. The van der Waals surface area contributed by atoms with E-state index in [0.717, 1.165) is 40.4 Å². The molecule has 2 heterocycles. The number of carbonyl (C=O) groups excluding carboxylic acids is 1. The number of thioether (sulfide) groups is 1. The van der Waals surface area contributed by atoms with Gasteiger partial charge in [0.05, 0.1) is 12.8 Å². The topological polar surface area (TPSA) is 93.9 Å². The number of alkyl halides is 3. The molecular weight excluding hydrogens is 593 g/mol. The first-order chi connectivity index (χ1) is 21.1. The summed E-state index contributed by atoms with van der Waals surface area (Å²) in [5.41, 5.74) is 4.24. The molecule has 3 aromatic carbocycles. The third-order valence-corrected chi connectivity index (χ3v) is 7.56. The third kappa shape index (κ3) is 7.59. The molecule has 1 aromatic heterocycles. The zero-order valence-corrected chi connectivity index (χ0v) is 24.9. The Bertz CT molecular complexity index is 1670. The van der Waals surface area contributed by atoms with E-state index in [-0.39, 0.29) is 5.75 Å². The first-order valence-corrected chi connectivity index (χ1v) is 14.6. The van der Waals surface area contributed by atoms with Gasteiger partial charge in [-0.1, -0.05) is 55.9 Å². The molecule has 0 unspecified atom stereocenters. The van der Waals surface area contributed by atoms with Gasteiger partial charge in [0.2, 0.25) is 0 Å². The summed E-state index contributed by atoms with van der Waals surface area (Å²) in [6, 6.07) is 18.2. The van der Waals surface area contributed by atoms with Crippen molar-refractivity contribution in [2.75, 3.05) is 24.3 Å². The molecule has 44 heavy (non-hydrogen) atoms. The highest BCUT2D eigenvalue weighted by Crippen LogP contribution is 2.35. The lowest BCUT2D eigenvalue weighted by Crippen LogP contribution is -2.27. The number of benzene rings is 3. The zero-order chi connectivity index (χ0) is 31.3. The lowest BCUT2D eigenvalue weighted by molar-refractivity contribution is -0.274. The Morgan fingerprint density at radius 3 is 2.48 bits per heavy atom. The normalized spacial score (nSPS) is 14.5. The van der Waals surface area contributed by atoms with E-state index >= 15 is 0 Å². The second-order valence-corrected chi connectivity index (χ2v) is 11.0. The first kappa shape index (κ1) is 30.7. The van der Waals surface area contributed by atoms with E-state index < -0.39 is 12.4 Å². The molecule has 0 spiro atoms. The molecule has 0 saturated carbocycles. The van der Waals surface area contributed by atoms with Crippen LogP contribution in [0, 0.1) is 0 Å². The second kappa shape index (κ2) is 13.2. The quantitative estimate of drug-likeness (QED) is 0.221. The molecule has 228 valence electrons. The van der Waals surface area contributed by atoms with Crippen LogP contribution in [0.15, 0.2) is 84.2 Å². The molecule has 13 heteroatoms. The van der Waals surface area contributed by atoms with Crippen molar-refractivity contribution in [1.82, 2.24) is 20.1 Å². The van der Waals surface area contributed by atoms with Crippen molar-refractivity contribution in [3.8, 4) is 28.6 Å². The summed E-state index contributed by atoms with van der Waals surface area (Å²) in [5, 5.41) is 7.75. The summed E-state index contributed by atoms with van der Waals surface area (Å²) in [5.74, 6) is 1.98. The van der Waals surface area contributed by atoms with Crippen LogP contribution in [0.25, 0.3) is 23.2 Å². The van der Waals surface area contributed by atoms with Crippen molar-refractivity contribution in [1.29, 1.82) is 0 Å². The van der Waals surface area contributed by atoms with Crippen LogP contribution in [-0.4, -0.2) is 51.7 Å². The standard InChI is InChI=1S/C31H29F3N6O3S/c1-20(2)26-13-12-25(42-3)18-27(26)39-16-17-44-30(39)37-29(41)35-15-14-21-4-6-22(7-5-21)28-36-19-40(38-28)23-8-10-24(11-9-23)43-31(32,33)34/h4-15,18-20H,16-17H2,1-3H3,(H,35,41)/b15-14+,37-30-. The summed E-state index contributed by atoms with van der Waals surface area (Å²) >= 11 is 1.53. The highest BCUT2D eigenvalue weighted by molar-refractivity contribution is 8.14. The summed E-state index contributed by atoms with van der Waals surface area (Å²) < 4.78 is 48.0. The van der Waals surface area contributed by atoms with Crippen molar-refractivity contribution in [3.05, 3.63) is 90.4 Å². The number of amidine groups is 1. The number of aliphatic imine (C=N–C) groups is 1. The second-order valence-electron chi connectivity index (χ2n) is 9.93. The average molecular weight is 623 g/mol. The summed E-state index contributed by atoms with van der Waals surface area (Å²) in [4.78, 5) is 23.3. The van der Waals surface area contributed by atoms with Gasteiger partial charge < -0.3 is 19.7 Å². The zero-order valence-electron chi connectivity index (χ0n) is 24.1.